The maximum atomic E-state index is 14.4. The summed E-state index contributed by atoms with van der Waals surface area (Å²) in [5.74, 6) is -12.1. The molecule has 7 amide bonds. The van der Waals surface area contributed by atoms with Crippen LogP contribution in [-0.4, -0.2) is 129 Å². The van der Waals surface area contributed by atoms with Gasteiger partial charge in [0.1, 0.15) is 47.8 Å². The Morgan fingerprint density at radius 2 is 1.39 bits per heavy atom. The van der Waals surface area contributed by atoms with Crippen LogP contribution in [0.3, 0.4) is 0 Å². The number of aryl methyl sites for hydroxylation is 1. The summed E-state index contributed by atoms with van der Waals surface area (Å²) >= 11 is 0. The van der Waals surface area contributed by atoms with Crippen LogP contribution in [-0.2, 0) is 65.5 Å². The van der Waals surface area contributed by atoms with E-state index in [4.69, 9.17) is 16.2 Å². The fourth-order valence-corrected chi connectivity index (χ4v) is 7.87. The van der Waals surface area contributed by atoms with Crippen LogP contribution < -0.4 is 48.7 Å². The third-order valence-electron chi connectivity index (χ3n) is 12.3. The number of hydrogen-bond donors (Lipinski definition) is 12. The first-order valence-electron chi connectivity index (χ1n) is 25.0. The number of carboxylic acid groups (broad SMARTS) is 2. The molecule has 0 spiro atoms. The number of aliphatic carboxylic acids is 2. The number of nitrogens with two attached hydrogens (primary N) is 2. The molecule has 14 N–H and O–H groups in total. The molecule has 418 valence electrons. The second-order valence-corrected chi connectivity index (χ2v) is 18.6. The Labute approximate surface area is 446 Å². The number of rotatable bonds is 16. The first-order valence-corrected chi connectivity index (χ1v) is 25.0. The van der Waals surface area contributed by atoms with Crippen LogP contribution in [0.4, 0.5) is 0 Å². The normalized spacial score (nSPS) is 23.5. The minimum Gasteiger partial charge on any atom is -0.508 e. The second-order valence-electron chi connectivity index (χ2n) is 18.6. The minimum atomic E-state index is -1.93. The standard InChI is InChI=1S/C53H72N10O14/c1-7-37-48(70)57-32(5)47(69)61-40(22-18-34-16-19-36(65)20-17-34)50(72)63-42(52(75)76)28-45(67)59-39(14-11-25-56-53(54)55)49(71)60-38(31(4)46(68)62-41(51(73)74)23-24-44(66)58-37)21-15-29(2)26-30(3)43(77-33(6)64)27-35-12-9-8-10-13-35/h7-10,12-13,15-17,19-21,26,30-32,38-43,65H,11,14,18,22-25,27-28H2,1-6H3,(H,57,70)(H,58,66)(H,59,67)(H,60,71)(H,61,69)(H,62,68)(H,63,72)(H,73,74)(H,75,76)(H4,54,55,56)/b21-15+,29-26+,37-7-/t30-,31-,32+,38-,39-,40-,41+,42+,43-/m0/s1. The molecule has 24 heteroatoms. The largest absolute Gasteiger partial charge is 0.508 e. The summed E-state index contributed by atoms with van der Waals surface area (Å²) in [6.45, 7) is 8.92. The Bertz CT molecular complexity index is 2550. The van der Waals surface area contributed by atoms with Gasteiger partial charge in [0, 0.05) is 32.2 Å². The number of ether oxygens (including phenoxy) is 1. The van der Waals surface area contributed by atoms with E-state index in [-0.39, 0.29) is 55.6 Å². The van der Waals surface area contributed by atoms with Gasteiger partial charge >= 0.3 is 17.9 Å². The summed E-state index contributed by atoms with van der Waals surface area (Å²) in [7, 11) is 0. The summed E-state index contributed by atoms with van der Waals surface area (Å²) in [6.07, 6.45) is 3.86. The maximum Gasteiger partial charge on any atom is 0.326 e. The molecule has 0 bridgehead atoms. The van der Waals surface area contributed by atoms with Crippen molar-refractivity contribution in [3.63, 3.8) is 0 Å². The third-order valence-corrected chi connectivity index (χ3v) is 12.3. The van der Waals surface area contributed by atoms with Gasteiger partial charge in [0.15, 0.2) is 5.96 Å². The Balaban J connectivity index is 2.11. The first kappa shape index (κ1) is 62.7. The highest BCUT2D eigenvalue weighted by Gasteiger charge is 2.34. The van der Waals surface area contributed by atoms with Crippen molar-refractivity contribution in [2.24, 2.45) is 28.3 Å². The van der Waals surface area contributed by atoms with Gasteiger partial charge in [0.25, 0.3) is 5.91 Å². The smallest absolute Gasteiger partial charge is 0.326 e. The van der Waals surface area contributed by atoms with E-state index < -0.39 is 127 Å². The molecule has 0 aliphatic carbocycles. The molecule has 0 radical (unpaired) electrons. The van der Waals surface area contributed by atoms with Gasteiger partial charge in [-0.3, -0.25) is 43.3 Å². The lowest BCUT2D eigenvalue weighted by molar-refractivity contribution is -0.148. The minimum absolute atomic E-state index is 0.0110. The molecule has 3 rings (SSSR count). The van der Waals surface area contributed by atoms with Crippen molar-refractivity contribution in [3.8, 4) is 5.75 Å². The fourth-order valence-electron chi connectivity index (χ4n) is 7.87. The Hall–Kier alpha value is -8.57. The number of aliphatic imine (C=N–C) groups is 1. The van der Waals surface area contributed by atoms with Crippen LogP contribution in [0, 0.1) is 11.8 Å². The number of carboxylic acids is 2. The molecule has 2 aromatic carbocycles. The van der Waals surface area contributed by atoms with Crippen LogP contribution in [0.25, 0.3) is 0 Å². The molecule has 0 aromatic heterocycles. The van der Waals surface area contributed by atoms with Gasteiger partial charge in [-0.1, -0.05) is 86.2 Å². The number of allylic oxidation sites excluding steroid dienone is 3. The Kier molecular flexibility index (Phi) is 25.5. The van der Waals surface area contributed by atoms with E-state index in [0.29, 0.717) is 17.6 Å². The average molecular weight is 1070 g/mol. The maximum absolute atomic E-state index is 14.4. The summed E-state index contributed by atoms with van der Waals surface area (Å²) in [5, 5.41) is 47.4. The van der Waals surface area contributed by atoms with Crippen molar-refractivity contribution in [1.29, 1.82) is 0 Å². The molecule has 24 nitrogen and oxygen atoms in total. The number of guanidine groups is 1. The van der Waals surface area contributed by atoms with Gasteiger partial charge < -0.3 is 68.7 Å². The summed E-state index contributed by atoms with van der Waals surface area (Å²) in [6, 6.07) is 6.14. The van der Waals surface area contributed by atoms with Crippen LogP contribution in [0.1, 0.15) is 91.2 Å². The van der Waals surface area contributed by atoms with Crippen molar-refractivity contribution in [1.82, 2.24) is 37.2 Å². The summed E-state index contributed by atoms with van der Waals surface area (Å²) in [4.78, 5) is 137. The average Bonchev–Trinajstić information content (AvgIpc) is 3.36. The number of nitrogens with zero attached hydrogens (tertiary/aromatic N) is 1. The number of phenols is 1. The van der Waals surface area contributed by atoms with Gasteiger partial charge in [0.05, 0.1) is 18.4 Å². The molecule has 1 saturated heterocycles. The van der Waals surface area contributed by atoms with Crippen molar-refractivity contribution in [3.05, 3.63) is 101 Å². The van der Waals surface area contributed by atoms with Gasteiger partial charge in [0.2, 0.25) is 35.4 Å². The van der Waals surface area contributed by atoms with Crippen LogP contribution in [0.15, 0.2) is 95.2 Å². The SMILES string of the molecule is C/C=C1\NC(=O)CC[C@H](C(=O)O)NC(=O)[C@@H](C)[C@H](/C=C/C(C)=C/[C@H](C)[C@H](Cc2ccccc2)OC(C)=O)NC(=O)[C@H](CCCN=C(N)N)NC(=O)C[C@H](C(=O)O)NC(=O)[C@H](CCc2ccc(O)cc2)NC(=O)[C@@H](C)NC1=O. The van der Waals surface area contributed by atoms with Gasteiger partial charge in [-0.25, -0.2) is 9.59 Å². The predicted molar refractivity (Wildman–Crippen MR) is 282 cm³/mol. The molecule has 0 saturated carbocycles. The topological polar surface area (TPSA) is 389 Å². The number of hydrogen-bond acceptors (Lipinski definition) is 13. The van der Waals surface area contributed by atoms with Crippen molar-refractivity contribution < 1.29 is 68.0 Å². The zero-order valence-electron chi connectivity index (χ0n) is 44.0. The highest BCUT2D eigenvalue weighted by atomic mass is 16.5. The third kappa shape index (κ3) is 22.4. The number of carbonyl (C=O) groups is 10. The monoisotopic (exact) mass is 1070 g/mol. The quantitative estimate of drug-likeness (QED) is 0.0274. The molecule has 9 atom stereocenters. The number of carbonyl (C=O) groups excluding carboxylic acids is 8. The molecule has 0 unspecified atom stereocenters. The lowest BCUT2D eigenvalue weighted by Gasteiger charge is -2.27. The number of esters is 1. The number of aromatic hydroxyl groups is 1. The van der Waals surface area contributed by atoms with Crippen molar-refractivity contribution in [2.75, 3.05) is 6.54 Å². The van der Waals surface area contributed by atoms with E-state index in [1.54, 1.807) is 25.1 Å². The lowest BCUT2D eigenvalue weighted by Crippen LogP contribution is -2.56. The number of nitrogens with one attached hydrogen (secondary N) is 7. The number of amides is 7. The predicted octanol–water partition coefficient (Wildman–Crippen LogP) is 0.629. The second kappa shape index (κ2) is 31.3. The number of benzene rings is 2. The summed E-state index contributed by atoms with van der Waals surface area (Å²) in [5.41, 5.74) is 12.8. The van der Waals surface area contributed by atoms with E-state index in [0.717, 1.165) is 5.56 Å². The van der Waals surface area contributed by atoms with E-state index in [2.05, 4.69) is 42.2 Å². The highest BCUT2D eigenvalue weighted by molar-refractivity contribution is 6.00. The molecule has 1 aliphatic rings. The van der Waals surface area contributed by atoms with E-state index in [9.17, 15) is 63.3 Å². The van der Waals surface area contributed by atoms with Crippen LogP contribution in [0.5, 0.6) is 5.75 Å². The summed E-state index contributed by atoms with van der Waals surface area (Å²) < 4.78 is 5.67. The van der Waals surface area contributed by atoms with E-state index in [1.165, 1.54) is 52.0 Å². The zero-order valence-corrected chi connectivity index (χ0v) is 44.0. The highest BCUT2D eigenvalue weighted by Crippen LogP contribution is 2.20. The Morgan fingerprint density at radius 1 is 0.766 bits per heavy atom. The van der Waals surface area contributed by atoms with Crippen molar-refractivity contribution in [2.45, 2.75) is 135 Å². The van der Waals surface area contributed by atoms with Gasteiger partial charge in [-0.15, -0.1) is 0 Å². The van der Waals surface area contributed by atoms with E-state index in [1.807, 2.05) is 43.3 Å². The van der Waals surface area contributed by atoms with Gasteiger partial charge in [-0.05, 0) is 76.1 Å². The molecular formula is C53H72N10O14. The van der Waals surface area contributed by atoms with Crippen LogP contribution >= 0.6 is 0 Å². The zero-order chi connectivity index (χ0) is 57.4. The van der Waals surface area contributed by atoms with Crippen molar-refractivity contribution >= 4 is 65.2 Å². The Morgan fingerprint density at radius 3 is 2.00 bits per heavy atom. The lowest BCUT2D eigenvalue weighted by atomic mass is 9.94. The first-order chi connectivity index (χ1) is 36.4. The molecule has 1 aliphatic heterocycles. The van der Waals surface area contributed by atoms with Crippen LogP contribution in [0.2, 0.25) is 0 Å². The molecule has 1 heterocycles. The molecular weight excluding hydrogens is 1000 g/mol. The molecule has 77 heavy (non-hydrogen) atoms. The van der Waals surface area contributed by atoms with E-state index >= 15 is 0 Å². The number of phenolic OH excluding ortho intramolecular Hbond substituents is 1. The van der Waals surface area contributed by atoms with Gasteiger partial charge in [-0.2, -0.15) is 0 Å². The molecule has 2 aromatic rings. The molecule has 1 fully saturated rings. The fraction of sp³-hybridized carbons (Fsp3) is 0.453.